The Kier molecular flexibility index (Phi) is 4.38. The van der Waals surface area contributed by atoms with E-state index in [1.165, 1.54) is 0 Å². The van der Waals surface area contributed by atoms with Crippen LogP contribution >= 0.6 is 22.9 Å². The zero-order valence-electron chi connectivity index (χ0n) is 11.2. The van der Waals surface area contributed by atoms with Crippen LogP contribution in [-0.2, 0) is 10.0 Å². The predicted octanol–water partition coefficient (Wildman–Crippen LogP) is 2.55. The maximum atomic E-state index is 12.8. The molecule has 2 aliphatic rings. The van der Waals surface area contributed by atoms with Gasteiger partial charge >= 0.3 is 0 Å². The fraction of sp³-hybridized carbons (Fsp3) is 0.692. The number of thiophene rings is 1. The number of hydrogen-bond donors (Lipinski definition) is 1. The molecule has 0 aromatic carbocycles. The van der Waals surface area contributed by atoms with Gasteiger partial charge in [0.2, 0.25) is 0 Å². The molecule has 0 amide bonds. The molecule has 1 saturated carbocycles. The molecular weight excluding hydrogens is 316 g/mol. The van der Waals surface area contributed by atoms with Crippen LogP contribution in [0.5, 0.6) is 0 Å². The Hall–Kier alpha value is -0.140. The molecule has 0 radical (unpaired) electrons. The minimum atomic E-state index is -3.37. The van der Waals surface area contributed by atoms with Crippen molar-refractivity contribution in [2.75, 3.05) is 19.6 Å². The van der Waals surface area contributed by atoms with E-state index >= 15 is 0 Å². The van der Waals surface area contributed by atoms with Crippen molar-refractivity contribution in [1.82, 2.24) is 9.62 Å². The first-order chi connectivity index (χ1) is 9.57. The molecule has 3 rings (SSSR count). The molecule has 0 bridgehead atoms. The molecule has 112 valence electrons. The molecule has 0 spiro atoms. The molecule has 1 aromatic heterocycles. The van der Waals surface area contributed by atoms with E-state index in [2.05, 4.69) is 5.32 Å². The molecule has 2 fully saturated rings. The highest BCUT2D eigenvalue weighted by Gasteiger charge is 2.39. The van der Waals surface area contributed by atoms with E-state index < -0.39 is 10.0 Å². The molecule has 7 heteroatoms. The Labute approximate surface area is 129 Å². The monoisotopic (exact) mass is 334 g/mol. The first-order valence-electron chi connectivity index (χ1n) is 7.05. The summed E-state index contributed by atoms with van der Waals surface area (Å²) in [7, 11) is -3.37. The summed E-state index contributed by atoms with van der Waals surface area (Å²) in [6.07, 6.45) is 4.10. The van der Waals surface area contributed by atoms with Crippen molar-refractivity contribution in [2.45, 2.75) is 35.9 Å². The van der Waals surface area contributed by atoms with Crippen molar-refractivity contribution in [3.05, 3.63) is 16.5 Å². The van der Waals surface area contributed by atoms with Gasteiger partial charge in [0.1, 0.15) is 4.21 Å². The van der Waals surface area contributed by atoms with E-state index in [0.717, 1.165) is 50.1 Å². The van der Waals surface area contributed by atoms with E-state index in [-0.39, 0.29) is 6.04 Å². The quantitative estimate of drug-likeness (QED) is 0.900. The van der Waals surface area contributed by atoms with Gasteiger partial charge in [-0.3, -0.25) is 0 Å². The number of nitrogens with zero attached hydrogens (tertiary/aromatic N) is 1. The van der Waals surface area contributed by atoms with E-state index in [9.17, 15) is 8.42 Å². The second-order valence-corrected chi connectivity index (χ2v) is 9.39. The van der Waals surface area contributed by atoms with Crippen LogP contribution in [0.15, 0.2) is 16.3 Å². The van der Waals surface area contributed by atoms with Crippen molar-refractivity contribution in [3.63, 3.8) is 0 Å². The van der Waals surface area contributed by atoms with E-state index in [1.54, 1.807) is 16.4 Å². The largest absolute Gasteiger partial charge is 0.317 e. The third kappa shape index (κ3) is 3.20. The fourth-order valence-corrected chi connectivity index (χ4v) is 6.05. The minimum Gasteiger partial charge on any atom is -0.317 e. The van der Waals surface area contributed by atoms with Gasteiger partial charge in [0.25, 0.3) is 10.0 Å². The Morgan fingerprint density at radius 1 is 1.25 bits per heavy atom. The van der Waals surface area contributed by atoms with Gasteiger partial charge in [0, 0.05) is 12.6 Å². The zero-order valence-corrected chi connectivity index (χ0v) is 13.6. The highest BCUT2D eigenvalue weighted by Crippen LogP contribution is 2.36. The van der Waals surface area contributed by atoms with Gasteiger partial charge in [0.15, 0.2) is 0 Å². The number of piperidine rings is 1. The molecule has 0 unspecified atom stereocenters. The number of rotatable bonds is 5. The summed E-state index contributed by atoms with van der Waals surface area (Å²) < 4.78 is 28.2. The van der Waals surface area contributed by atoms with Crippen molar-refractivity contribution in [3.8, 4) is 0 Å². The summed E-state index contributed by atoms with van der Waals surface area (Å²) in [6, 6.07) is 3.49. The zero-order chi connectivity index (χ0) is 14.2. The highest BCUT2D eigenvalue weighted by molar-refractivity contribution is 7.91. The summed E-state index contributed by atoms with van der Waals surface area (Å²) in [4.78, 5) is 0. The lowest BCUT2D eigenvalue weighted by Gasteiger charge is -2.29. The van der Waals surface area contributed by atoms with Crippen LogP contribution in [0.25, 0.3) is 0 Å². The lowest BCUT2D eigenvalue weighted by molar-refractivity contribution is 0.283. The van der Waals surface area contributed by atoms with Gasteiger partial charge in [0.05, 0.1) is 4.34 Å². The Morgan fingerprint density at radius 2 is 1.95 bits per heavy atom. The third-order valence-electron chi connectivity index (χ3n) is 3.96. The fourth-order valence-electron chi connectivity index (χ4n) is 2.68. The van der Waals surface area contributed by atoms with Crippen LogP contribution in [0, 0.1) is 5.92 Å². The molecule has 2 heterocycles. The van der Waals surface area contributed by atoms with Gasteiger partial charge in [-0.25, -0.2) is 8.42 Å². The van der Waals surface area contributed by atoms with E-state index in [0.29, 0.717) is 21.0 Å². The number of nitrogens with one attached hydrogen (secondary N) is 1. The van der Waals surface area contributed by atoms with Crippen molar-refractivity contribution in [1.29, 1.82) is 0 Å². The smallest absolute Gasteiger partial charge is 0.252 e. The topological polar surface area (TPSA) is 49.4 Å². The highest BCUT2D eigenvalue weighted by atomic mass is 35.5. The van der Waals surface area contributed by atoms with Gasteiger partial charge in [-0.2, -0.15) is 4.31 Å². The summed E-state index contributed by atoms with van der Waals surface area (Å²) in [5.41, 5.74) is 0. The third-order valence-corrected chi connectivity index (χ3v) is 7.58. The van der Waals surface area contributed by atoms with Gasteiger partial charge in [-0.1, -0.05) is 11.6 Å². The number of sulfonamides is 1. The Morgan fingerprint density at radius 3 is 2.50 bits per heavy atom. The van der Waals surface area contributed by atoms with Gasteiger partial charge < -0.3 is 5.32 Å². The number of hydrogen-bond acceptors (Lipinski definition) is 4. The maximum absolute atomic E-state index is 12.8. The van der Waals surface area contributed by atoms with Crippen LogP contribution in [0.3, 0.4) is 0 Å². The normalized spacial score (nSPS) is 21.5. The maximum Gasteiger partial charge on any atom is 0.252 e. The lowest BCUT2D eigenvalue weighted by atomic mass is 9.98. The SMILES string of the molecule is O=S(=O)(c1ccc(Cl)s1)N(CC1CCNCC1)C1CC1. The molecule has 20 heavy (non-hydrogen) atoms. The molecule has 1 aliphatic carbocycles. The minimum absolute atomic E-state index is 0.204. The Balaban J connectivity index is 1.79. The first-order valence-corrected chi connectivity index (χ1v) is 9.69. The van der Waals surface area contributed by atoms with Crippen molar-refractivity contribution < 1.29 is 8.42 Å². The second-order valence-electron chi connectivity index (χ2n) is 5.56. The van der Waals surface area contributed by atoms with Crippen LogP contribution in [-0.4, -0.2) is 38.4 Å². The molecule has 1 saturated heterocycles. The van der Waals surface area contributed by atoms with Crippen LogP contribution in [0.4, 0.5) is 0 Å². The molecule has 1 aliphatic heterocycles. The summed E-state index contributed by atoms with van der Waals surface area (Å²) in [6.45, 7) is 2.65. The summed E-state index contributed by atoms with van der Waals surface area (Å²) >= 11 is 7.04. The van der Waals surface area contributed by atoms with E-state index in [1.807, 2.05) is 0 Å². The number of halogens is 1. The molecule has 4 nitrogen and oxygen atoms in total. The van der Waals surface area contributed by atoms with Crippen LogP contribution < -0.4 is 5.32 Å². The lowest BCUT2D eigenvalue weighted by Crippen LogP contribution is -2.40. The molecule has 1 N–H and O–H groups in total. The van der Waals surface area contributed by atoms with Gasteiger partial charge in [-0.05, 0) is 56.8 Å². The van der Waals surface area contributed by atoms with Crippen molar-refractivity contribution in [2.24, 2.45) is 5.92 Å². The average molecular weight is 335 g/mol. The van der Waals surface area contributed by atoms with E-state index in [4.69, 9.17) is 11.6 Å². The first kappa shape index (κ1) is 14.8. The molecule has 0 atom stereocenters. The van der Waals surface area contributed by atoms with Crippen LogP contribution in [0.1, 0.15) is 25.7 Å². The van der Waals surface area contributed by atoms with Crippen LogP contribution in [0.2, 0.25) is 4.34 Å². The molecule has 1 aromatic rings. The summed E-state index contributed by atoms with van der Waals surface area (Å²) in [5, 5.41) is 3.32. The summed E-state index contributed by atoms with van der Waals surface area (Å²) in [5.74, 6) is 0.474. The second kappa shape index (κ2) is 5.93. The standard InChI is InChI=1S/C13H19ClN2O2S2/c14-12-3-4-13(19-12)20(17,18)16(11-1-2-11)9-10-5-7-15-8-6-10/h3-4,10-11,15H,1-2,5-9H2. The van der Waals surface area contributed by atoms with Crippen molar-refractivity contribution >= 4 is 33.0 Å². The van der Waals surface area contributed by atoms with Gasteiger partial charge in [-0.15, -0.1) is 11.3 Å². The Bertz CT molecular complexity index is 563. The molecular formula is C13H19ClN2O2S2. The predicted molar refractivity (Wildman–Crippen MR) is 81.8 cm³/mol. The average Bonchev–Trinajstić information content (AvgIpc) is 3.17.